The lowest BCUT2D eigenvalue weighted by atomic mass is 9.96. The molecule has 1 fully saturated rings. The first-order valence-corrected chi connectivity index (χ1v) is 8.94. The van der Waals surface area contributed by atoms with Gasteiger partial charge in [-0.15, -0.1) is 0 Å². The summed E-state index contributed by atoms with van der Waals surface area (Å²) in [4.78, 5) is 11.3. The van der Waals surface area contributed by atoms with Crippen molar-refractivity contribution in [3.05, 3.63) is 60.8 Å². The number of amides is 1. The van der Waals surface area contributed by atoms with Crippen LogP contribution in [0, 0.1) is 0 Å². The summed E-state index contributed by atoms with van der Waals surface area (Å²) in [5, 5.41) is 9.83. The Kier molecular flexibility index (Phi) is 4.54. The minimum Gasteiger partial charge on any atom is -0.486 e. The standard InChI is InChI=1S/C21H21N3O3/c1-21(12-10-20(25)22-14-21)27-18-8-6-17(7-9-18)26-16-4-2-15(3-5-16)19-11-13-23-24-19/h2-9,11,13H,10,12,14H2,1H3,(H,22,25)(H,23,24)/t21-/m1/s1. The number of piperidine rings is 1. The van der Waals surface area contributed by atoms with E-state index in [0.29, 0.717) is 19.4 Å². The molecule has 1 aliphatic rings. The number of rotatable bonds is 5. The Morgan fingerprint density at radius 1 is 0.963 bits per heavy atom. The second-order valence-electron chi connectivity index (χ2n) is 6.89. The summed E-state index contributed by atoms with van der Waals surface area (Å²) < 4.78 is 12.0. The topological polar surface area (TPSA) is 76.2 Å². The van der Waals surface area contributed by atoms with Crippen molar-refractivity contribution in [1.29, 1.82) is 0 Å². The van der Waals surface area contributed by atoms with Crippen molar-refractivity contribution in [2.75, 3.05) is 6.54 Å². The lowest BCUT2D eigenvalue weighted by Gasteiger charge is -2.34. The molecule has 1 aliphatic heterocycles. The predicted molar refractivity (Wildman–Crippen MR) is 102 cm³/mol. The minimum absolute atomic E-state index is 0.0816. The molecule has 0 bridgehead atoms. The van der Waals surface area contributed by atoms with Crippen LogP contribution in [-0.4, -0.2) is 28.3 Å². The summed E-state index contributed by atoms with van der Waals surface area (Å²) in [7, 11) is 0. The van der Waals surface area contributed by atoms with Gasteiger partial charge in [0, 0.05) is 18.2 Å². The maximum Gasteiger partial charge on any atom is 0.220 e. The Morgan fingerprint density at radius 2 is 1.63 bits per heavy atom. The molecule has 0 radical (unpaired) electrons. The van der Waals surface area contributed by atoms with Crippen LogP contribution in [0.3, 0.4) is 0 Å². The average Bonchev–Trinajstić information content (AvgIpc) is 3.21. The molecule has 2 aromatic carbocycles. The quantitative estimate of drug-likeness (QED) is 0.720. The number of aromatic nitrogens is 2. The summed E-state index contributed by atoms with van der Waals surface area (Å²) in [6, 6.07) is 17.2. The largest absolute Gasteiger partial charge is 0.486 e. The molecule has 6 heteroatoms. The van der Waals surface area contributed by atoms with Gasteiger partial charge in [-0.25, -0.2) is 0 Å². The Labute approximate surface area is 157 Å². The van der Waals surface area contributed by atoms with Crippen LogP contribution < -0.4 is 14.8 Å². The van der Waals surface area contributed by atoms with Gasteiger partial charge in [0.15, 0.2) is 0 Å². The molecule has 27 heavy (non-hydrogen) atoms. The zero-order valence-corrected chi connectivity index (χ0v) is 15.1. The lowest BCUT2D eigenvalue weighted by Crippen LogP contribution is -2.49. The molecule has 138 valence electrons. The zero-order valence-electron chi connectivity index (χ0n) is 15.1. The highest BCUT2D eigenvalue weighted by Crippen LogP contribution is 2.29. The van der Waals surface area contributed by atoms with Gasteiger partial charge in [-0.05, 0) is 67.9 Å². The fourth-order valence-electron chi connectivity index (χ4n) is 3.04. The molecular formula is C21H21N3O3. The number of ether oxygens (including phenoxy) is 2. The molecule has 1 saturated heterocycles. The fraction of sp³-hybridized carbons (Fsp3) is 0.238. The second kappa shape index (κ2) is 7.15. The fourth-order valence-corrected chi connectivity index (χ4v) is 3.04. The summed E-state index contributed by atoms with van der Waals surface area (Å²) >= 11 is 0. The van der Waals surface area contributed by atoms with Crippen molar-refractivity contribution in [2.24, 2.45) is 0 Å². The highest BCUT2D eigenvalue weighted by atomic mass is 16.5. The van der Waals surface area contributed by atoms with Gasteiger partial charge < -0.3 is 14.8 Å². The number of hydrogen-bond acceptors (Lipinski definition) is 4. The van der Waals surface area contributed by atoms with Crippen LogP contribution in [0.5, 0.6) is 17.2 Å². The summed E-state index contributed by atoms with van der Waals surface area (Å²) in [6.45, 7) is 2.53. The number of aromatic amines is 1. The molecule has 2 heterocycles. The lowest BCUT2D eigenvalue weighted by molar-refractivity contribution is -0.125. The Morgan fingerprint density at radius 3 is 2.22 bits per heavy atom. The number of H-pyrrole nitrogens is 1. The molecule has 4 rings (SSSR count). The molecule has 0 unspecified atom stereocenters. The molecule has 0 spiro atoms. The van der Waals surface area contributed by atoms with Crippen LogP contribution in [0.25, 0.3) is 11.3 Å². The Balaban J connectivity index is 1.38. The number of carbonyl (C=O) groups is 1. The molecule has 0 saturated carbocycles. The van der Waals surface area contributed by atoms with Gasteiger partial charge in [0.2, 0.25) is 5.91 Å². The first-order valence-electron chi connectivity index (χ1n) is 8.94. The smallest absolute Gasteiger partial charge is 0.220 e. The summed E-state index contributed by atoms with van der Waals surface area (Å²) in [5.74, 6) is 2.33. The van der Waals surface area contributed by atoms with E-state index < -0.39 is 0 Å². The van der Waals surface area contributed by atoms with Gasteiger partial charge in [0.1, 0.15) is 22.8 Å². The molecule has 3 aromatic rings. The van der Waals surface area contributed by atoms with Crippen LogP contribution >= 0.6 is 0 Å². The third kappa shape index (κ3) is 4.11. The van der Waals surface area contributed by atoms with Crippen molar-refractivity contribution in [2.45, 2.75) is 25.4 Å². The highest BCUT2D eigenvalue weighted by molar-refractivity contribution is 5.77. The minimum atomic E-state index is -0.377. The van der Waals surface area contributed by atoms with E-state index in [4.69, 9.17) is 9.47 Å². The van der Waals surface area contributed by atoms with Crippen molar-refractivity contribution in [3.8, 4) is 28.5 Å². The molecule has 2 N–H and O–H groups in total. The number of benzene rings is 2. The van der Waals surface area contributed by atoms with Gasteiger partial charge in [-0.3, -0.25) is 9.89 Å². The van der Waals surface area contributed by atoms with Gasteiger partial charge in [-0.2, -0.15) is 5.10 Å². The summed E-state index contributed by atoms with van der Waals surface area (Å²) in [5.41, 5.74) is 1.55. The number of nitrogens with one attached hydrogen (secondary N) is 2. The SMILES string of the molecule is C[C@@]1(Oc2ccc(Oc3ccc(-c4cc[nH]n4)cc3)cc2)CCC(=O)NC1. The molecule has 1 atom stereocenters. The molecule has 0 aliphatic carbocycles. The van der Waals surface area contributed by atoms with Crippen LogP contribution in [0.1, 0.15) is 19.8 Å². The van der Waals surface area contributed by atoms with E-state index in [1.807, 2.05) is 61.5 Å². The number of carbonyl (C=O) groups excluding carboxylic acids is 1. The van der Waals surface area contributed by atoms with E-state index in [0.717, 1.165) is 28.5 Å². The third-order valence-electron chi connectivity index (χ3n) is 4.61. The van der Waals surface area contributed by atoms with Crippen molar-refractivity contribution < 1.29 is 14.3 Å². The number of nitrogens with zero attached hydrogens (tertiary/aromatic N) is 1. The highest BCUT2D eigenvalue weighted by Gasteiger charge is 2.31. The van der Waals surface area contributed by atoms with Gasteiger partial charge >= 0.3 is 0 Å². The Hall–Kier alpha value is -3.28. The third-order valence-corrected chi connectivity index (χ3v) is 4.61. The molecule has 1 amide bonds. The van der Waals surface area contributed by atoms with E-state index >= 15 is 0 Å². The number of hydrogen-bond donors (Lipinski definition) is 2. The molecule has 6 nitrogen and oxygen atoms in total. The van der Waals surface area contributed by atoms with Crippen molar-refractivity contribution >= 4 is 5.91 Å². The van der Waals surface area contributed by atoms with E-state index in [9.17, 15) is 4.79 Å². The maximum atomic E-state index is 11.3. The summed E-state index contributed by atoms with van der Waals surface area (Å²) in [6.07, 6.45) is 3.00. The predicted octanol–water partition coefficient (Wildman–Crippen LogP) is 3.92. The molecule has 1 aromatic heterocycles. The van der Waals surface area contributed by atoms with Crippen LogP contribution in [0.4, 0.5) is 0 Å². The van der Waals surface area contributed by atoms with Crippen LogP contribution in [0.15, 0.2) is 60.8 Å². The van der Waals surface area contributed by atoms with E-state index in [-0.39, 0.29) is 11.5 Å². The first-order chi connectivity index (χ1) is 13.1. The van der Waals surface area contributed by atoms with Crippen molar-refractivity contribution in [1.82, 2.24) is 15.5 Å². The maximum absolute atomic E-state index is 11.3. The van der Waals surface area contributed by atoms with Crippen LogP contribution in [-0.2, 0) is 4.79 Å². The first kappa shape index (κ1) is 17.1. The van der Waals surface area contributed by atoms with E-state index in [2.05, 4.69) is 15.5 Å². The van der Waals surface area contributed by atoms with E-state index in [1.165, 1.54) is 0 Å². The van der Waals surface area contributed by atoms with Gasteiger partial charge in [-0.1, -0.05) is 0 Å². The zero-order chi connectivity index (χ0) is 18.7. The average molecular weight is 363 g/mol. The van der Waals surface area contributed by atoms with Crippen LogP contribution in [0.2, 0.25) is 0 Å². The molecular weight excluding hydrogens is 342 g/mol. The van der Waals surface area contributed by atoms with Gasteiger partial charge in [0.05, 0.1) is 12.2 Å². The van der Waals surface area contributed by atoms with E-state index in [1.54, 1.807) is 6.20 Å². The monoisotopic (exact) mass is 363 g/mol. The second-order valence-corrected chi connectivity index (χ2v) is 6.89. The normalized spacial score (nSPS) is 19.4. The van der Waals surface area contributed by atoms with Crippen molar-refractivity contribution in [3.63, 3.8) is 0 Å². The van der Waals surface area contributed by atoms with Gasteiger partial charge in [0.25, 0.3) is 0 Å². The Bertz CT molecular complexity index is 893.